The first-order valence-corrected chi connectivity index (χ1v) is 10.6. The molecule has 1 N–H and O–H groups in total. The van der Waals surface area contributed by atoms with E-state index in [2.05, 4.69) is 31.3 Å². The third kappa shape index (κ3) is 5.32. The van der Waals surface area contributed by atoms with Crippen LogP contribution < -0.4 is 5.32 Å². The van der Waals surface area contributed by atoms with Gasteiger partial charge in [-0.05, 0) is 50.4 Å². The molecule has 31 heavy (non-hydrogen) atoms. The van der Waals surface area contributed by atoms with Gasteiger partial charge in [-0.1, -0.05) is 18.2 Å². The molecule has 1 aliphatic heterocycles. The Balaban J connectivity index is 1.33. The lowest BCUT2D eigenvalue weighted by molar-refractivity contribution is 0.0948. The average molecular weight is 423 g/mol. The Hall–Kier alpha value is -3.13. The number of aryl methyl sites for hydroxylation is 1. The van der Waals surface area contributed by atoms with Crippen LogP contribution in [0.1, 0.15) is 40.2 Å². The van der Waals surface area contributed by atoms with Crippen LogP contribution in [-0.2, 0) is 26.6 Å². The molecule has 3 heterocycles. The van der Waals surface area contributed by atoms with E-state index in [9.17, 15) is 9.18 Å². The van der Waals surface area contributed by atoms with Gasteiger partial charge in [-0.15, -0.1) is 0 Å². The van der Waals surface area contributed by atoms with Crippen molar-refractivity contribution in [1.82, 2.24) is 30.0 Å². The molecule has 2 aromatic heterocycles. The summed E-state index contributed by atoms with van der Waals surface area (Å²) in [6.45, 7) is 3.05. The first-order chi connectivity index (χ1) is 15.1. The van der Waals surface area contributed by atoms with E-state index in [1.54, 1.807) is 24.4 Å². The normalized spacial score (nSPS) is 15.2. The summed E-state index contributed by atoms with van der Waals surface area (Å²) in [4.78, 5) is 23.6. The Morgan fingerprint density at radius 2 is 2.03 bits per heavy atom. The maximum Gasteiger partial charge on any atom is 0.254 e. The number of rotatable bonds is 7. The van der Waals surface area contributed by atoms with Crippen molar-refractivity contribution in [2.75, 3.05) is 13.1 Å². The lowest BCUT2D eigenvalue weighted by Gasteiger charge is -2.31. The molecule has 0 aliphatic carbocycles. The Morgan fingerprint density at radius 1 is 1.23 bits per heavy atom. The van der Waals surface area contributed by atoms with Crippen LogP contribution in [0.2, 0.25) is 0 Å². The zero-order valence-electron chi connectivity index (χ0n) is 17.7. The van der Waals surface area contributed by atoms with Gasteiger partial charge in [0.15, 0.2) is 0 Å². The summed E-state index contributed by atoms with van der Waals surface area (Å²) in [5, 5.41) is 7.03. The number of piperidine rings is 1. The number of likely N-dealkylation sites (tertiary alicyclic amines) is 1. The Labute approximate surface area is 181 Å². The minimum atomic E-state index is -0.329. The SMILES string of the molecule is Cn1nccc1CN1CCC(Cc2ncncc2C(=O)NCc2ccccc2F)CC1. The zero-order valence-corrected chi connectivity index (χ0v) is 17.7. The molecule has 1 aromatic carbocycles. The summed E-state index contributed by atoms with van der Waals surface area (Å²) in [7, 11) is 1.97. The van der Waals surface area contributed by atoms with E-state index in [4.69, 9.17) is 0 Å². The fourth-order valence-electron chi connectivity index (χ4n) is 4.03. The van der Waals surface area contributed by atoms with Crippen molar-refractivity contribution in [2.45, 2.75) is 32.4 Å². The van der Waals surface area contributed by atoms with Crippen LogP contribution in [0.25, 0.3) is 0 Å². The van der Waals surface area contributed by atoms with Crippen molar-refractivity contribution in [3.05, 3.63) is 77.4 Å². The molecule has 7 nitrogen and oxygen atoms in total. The van der Waals surface area contributed by atoms with Crippen LogP contribution in [0, 0.1) is 11.7 Å². The Bertz CT molecular complexity index is 1030. The number of halogens is 1. The lowest BCUT2D eigenvalue weighted by atomic mass is 9.90. The third-order valence-electron chi connectivity index (χ3n) is 5.93. The molecular formula is C23H27FN6O. The summed E-state index contributed by atoms with van der Waals surface area (Å²) >= 11 is 0. The second-order valence-electron chi connectivity index (χ2n) is 8.03. The lowest BCUT2D eigenvalue weighted by Crippen LogP contribution is -2.35. The van der Waals surface area contributed by atoms with E-state index in [1.807, 2.05) is 17.9 Å². The number of nitrogens with one attached hydrogen (secondary N) is 1. The summed E-state index contributed by atoms with van der Waals surface area (Å²) in [6, 6.07) is 8.49. The molecule has 1 amide bonds. The van der Waals surface area contributed by atoms with Gasteiger partial charge < -0.3 is 5.32 Å². The van der Waals surface area contributed by atoms with E-state index in [0.29, 0.717) is 17.0 Å². The van der Waals surface area contributed by atoms with E-state index < -0.39 is 0 Å². The minimum absolute atomic E-state index is 0.131. The smallest absolute Gasteiger partial charge is 0.254 e. The monoisotopic (exact) mass is 422 g/mol. The van der Waals surface area contributed by atoms with Gasteiger partial charge in [0, 0.05) is 38.1 Å². The number of nitrogens with zero attached hydrogens (tertiary/aromatic N) is 5. The van der Waals surface area contributed by atoms with Gasteiger partial charge in [-0.25, -0.2) is 14.4 Å². The summed E-state index contributed by atoms with van der Waals surface area (Å²) in [5.41, 5.74) is 2.89. The van der Waals surface area contributed by atoms with E-state index in [0.717, 1.165) is 44.6 Å². The molecule has 0 unspecified atom stereocenters. The number of amides is 1. The molecule has 0 bridgehead atoms. The van der Waals surface area contributed by atoms with E-state index >= 15 is 0 Å². The molecule has 1 saturated heterocycles. The topological polar surface area (TPSA) is 75.9 Å². The van der Waals surface area contributed by atoms with Gasteiger partial charge in [0.05, 0.1) is 17.0 Å². The molecule has 162 valence electrons. The maximum atomic E-state index is 13.8. The number of carbonyl (C=O) groups is 1. The summed E-state index contributed by atoms with van der Waals surface area (Å²) < 4.78 is 15.7. The third-order valence-corrected chi connectivity index (χ3v) is 5.93. The Kier molecular flexibility index (Phi) is 6.66. The second-order valence-corrected chi connectivity index (χ2v) is 8.03. The van der Waals surface area contributed by atoms with Crippen LogP contribution in [0.5, 0.6) is 0 Å². The number of benzene rings is 1. The number of carbonyl (C=O) groups excluding carboxylic acids is 1. The van der Waals surface area contributed by atoms with Crippen molar-refractivity contribution < 1.29 is 9.18 Å². The highest BCUT2D eigenvalue weighted by atomic mass is 19.1. The second kappa shape index (κ2) is 9.78. The van der Waals surface area contributed by atoms with Gasteiger partial charge >= 0.3 is 0 Å². The standard InChI is InChI=1S/C23H27FN6O/c1-29-19(6-9-28-29)15-30-10-7-17(8-11-30)12-22-20(14-25-16-27-22)23(31)26-13-18-4-2-3-5-21(18)24/h2-6,9,14,16-17H,7-8,10-13,15H2,1H3,(H,26,31). The van der Waals surface area contributed by atoms with Gasteiger partial charge in [0.1, 0.15) is 12.1 Å². The highest BCUT2D eigenvalue weighted by molar-refractivity contribution is 5.94. The summed E-state index contributed by atoms with van der Waals surface area (Å²) in [5.74, 6) is -0.131. The van der Waals surface area contributed by atoms with Crippen LogP contribution in [0.4, 0.5) is 4.39 Å². The van der Waals surface area contributed by atoms with Crippen molar-refractivity contribution in [3.63, 3.8) is 0 Å². The average Bonchev–Trinajstić information content (AvgIpc) is 3.19. The predicted molar refractivity (Wildman–Crippen MR) is 115 cm³/mol. The largest absolute Gasteiger partial charge is 0.348 e. The van der Waals surface area contributed by atoms with Gasteiger partial charge in [-0.2, -0.15) is 5.10 Å². The molecule has 0 spiro atoms. The highest BCUT2D eigenvalue weighted by Crippen LogP contribution is 2.23. The quantitative estimate of drug-likeness (QED) is 0.634. The zero-order chi connectivity index (χ0) is 21.6. The number of aromatic nitrogens is 4. The van der Waals surface area contributed by atoms with Crippen molar-refractivity contribution in [3.8, 4) is 0 Å². The van der Waals surface area contributed by atoms with Crippen LogP contribution in [-0.4, -0.2) is 43.6 Å². The van der Waals surface area contributed by atoms with E-state index in [-0.39, 0.29) is 18.3 Å². The molecule has 0 saturated carbocycles. The molecular weight excluding hydrogens is 395 g/mol. The first-order valence-electron chi connectivity index (χ1n) is 10.6. The van der Waals surface area contributed by atoms with Crippen LogP contribution >= 0.6 is 0 Å². The van der Waals surface area contributed by atoms with E-state index in [1.165, 1.54) is 18.1 Å². The highest BCUT2D eigenvalue weighted by Gasteiger charge is 2.23. The van der Waals surface area contributed by atoms with Gasteiger partial charge in [-0.3, -0.25) is 14.4 Å². The molecule has 1 aliphatic rings. The molecule has 1 fully saturated rings. The van der Waals surface area contributed by atoms with Crippen molar-refractivity contribution >= 4 is 5.91 Å². The van der Waals surface area contributed by atoms with Crippen molar-refractivity contribution in [1.29, 1.82) is 0 Å². The maximum absolute atomic E-state index is 13.8. The molecule has 4 rings (SSSR count). The molecule has 0 radical (unpaired) electrons. The van der Waals surface area contributed by atoms with Gasteiger partial charge in [0.2, 0.25) is 0 Å². The van der Waals surface area contributed by atoms with Crippen LogP contribution in [0.3, 0.4) is 0 Å². The minimum Gasteiger partial charge on any atom is -0.348 e. The molecule has 0 atom stereocenters. The fourth-order valence-corrected chi connectivity index (χ4v) is 4.03. The number of hydrogen-bond acceptors (Lipinski definition) is 5. The number of hydrogen-bond donors (Lipinski definition) is 1. The summed E-state index contributed by atoms with van der Waals surface area (Å²) in [6.07, 6.45) is 7.72. The molecule has 8 heteroatoms. The van der Waals surface area contributed by atoms with Crippen LogP contribution in [0.15, 0.2) is 49.1 Å². The van der Waals surface area contributed by atoms with Crippen molar-refractivity contribution in [2.24, 2.45) is 13.0 Å². The predicted octanol–water partition coefficient (Wildman–Crippen LogP) is 2.73. The van der Waals surface area contributed by atoms with Gasteiger partial charge in [0.25, 0.3) is 5.91 Å². The molecule has 3 aromatic rings. The first kappa shape index (κ1) is 21.1. The fraction of sp³-hybridized carbons (Fsp3) is 0.391. The Morgan fingerprint density at radius 3 is 2.77 bits per heavy atom.